The monoisotopic (exact) mass is 567 g/mol. The van der Waals surface area contributed by atoms with Crippen molar-refractivity contribution in [3.8, 4) is 6.07 Å². The van der Waals surface area contributed by atoms with Crippen molar-refractivity contribution in [2.75, 3.05) is 0 Å². The molecule has 1 heterocycles. The molecule has 5 rings (SSSR count). The topological polar surface area (TPSA) is 99.3 Å². The molecule has 0 aliphatic carbocycles. The lowest BCUT2D eigenvalue weighted by molar-refractivity contribution is -0.130. The minimum atomic E-state index is -0.789. The van der Waals surface area contributed by atoms with Crippen LogP contribution >= 0.6 is 0 Å². The van der Waals surface area contributed by atoms with Gasteiger partial charge in [0.25, 0.3) is 5.91 Å². The van der Waals surface area contributed by atoms with Crippen LogP contribution in [0.4, 0.5) is 0 Å². The van der Waals surface area contributed by atoms with Crippen LogP contribution in [0, 0.1) is 17.2 Å². The molecular formula is C36H33N5O2. The molecule has 4 aromatic carbocycles. The molecule has 0 bridgehead atoms. The normalized spacial score (nSPS) is 12.0. The van der Waals surface area contributed by atoms with E-state index in [0.29, 0.717) is 12.1 Å². The van der Waals surface area contributed by atoms with Gasteiger partial charge in [-0.25, -0.2) is 5.43 Å². The number of fused-ring (bicyclic) bond motifs is 1. The van der Waals surface area contributed by atoms with Gasteiger partial charge in [-0.1, -0.05) is 111 Å². The molecule has 0 aliphatic rings. The number of carbonyl (C=O) groups is 2. The fourth-order valence-electron chi connectivity index (χ4n) is 5.25. The molecule has 7 nitrogen and oxygen atoms in total. The Labute approximate surface area is 251 Å². The van der Waals surface area contributed by atoms with Crippen LogP contribution in [0.25, 0.3) is 10.9 Å². The Kier molecular flexibility index (Phi) is 9.08. The number of amides is 2. The molecule has 0 aliphatic heterocycles. The number of nitrogens with zero attached hydrogens (tertiary/aromatic N) is 3. The molecule has 214 valence electrons. The van der Waals surface area contributed by atoms with Gasteiger partial charge in [0, 0.05) is 29.2 Å². The van der Waals surface area contributed by atoms with E-state index in [1.807, 2.05) is 129 Å². The molecule has 1 aromatic heterocycles. The maximum atomic E-state index is 13.7. The first-order valence-electron chi connectivity index (χ1n) is 14.3. The first-order chi connectivity index (χ1) is 21.0. The van der Waals surface area contributed by atoms with Gasteiger partial charge in [0.15, 0.2) is 0 Å². The summed E-state index contributed by atoms with van der Waals surface area (Å²) in [4.78, 5) is 27.0. The number of rotatable bonds is 10. The van der Waals surface area contributed by atoms with Gasteiger partial charge in [-0.2, -0.15) is 10.4 Å². The van der Waals surface area contributed by atoms with Gasteiger partial charge < -0.3 is 9.88 Å². The number of hydrogen-bond acceptors (Lipinski definition) is 4. The Bertz CT molecular complexity index is 1750. The third-order valence-corrected chi connectivity index (χ3v) is 7.45. The van der Waals surface area contributed by atoms with Crippen molar-refractivity contribution in [1.29, 1.82) is 5.26 Å². The first-order valence-corrected chi connectivity index (χ1v) is 14.3. The van der Waals surface area contributed by atoms with Gasteiger partial charge in [-0.15, -0.1) is 0 Å². The molecule has 0 unspecified atom stereocenters. The van der Waals surface area contributed by atoms with E-state index in [2.05, 4.69) is 26.5 Å². The molecule has 2 N–H and O–H groups in total. The number of hydrogen-bond donors (Lipinski definition) is 2. The summed E-state index contributed by atoms with van der Waals surface area (Å²) in [5.41, 5.74) is 7.70. The van der Waals surface area contributed by atoms with Gasteiger partial charge in [-0.05, 0) is 34.7 Å². The molecule has 0 fully saturated rings. The largest absolute Gasteiger partial charge is 0.343 e. The van der Waals surface area contributed by atoms with Gasteiger partial charge in [-0.3, -0.25) is 9.59 Å². The predicted octanol–water partition coefficient (Wildman–Crippen LogP) is 5.98. The summed E-state index contributed by atoms with van der Waals surface area (Å²) in [5.74, 6) is -1.38. The van der Waals surface area contributed by atoms with E-state index in [1.54, 1.807) is 6.21 Å². The molecule has 5 aromatic rings. The van der Waals surface area contributed by atoms with E-state index in [9.17, 15) is 14.9 Å². The van der Waals surface area contributed by atoms with E-state index in [1.165, 1.54) is 0 Å². The Morgan fingerprint density at radius 2 is 1.44 bits per heavy atom. The zero-order chi connectivity index (χ0) is 30.2. The fraction of sp³-hybridized carbons (Fsp3) is 0.167. The highest BCUT2D eigenvalue weighted by molar-refractivity contribution is 6.00. The molecule has 1 atom stereocenters. The van der Waals surface area contributed by atoms with E-state index in [-0.39, 0.29) is 11.8 Å². The molecule has 0 saturated heterocycles. The molecule has 0 saturated carbocycles. The highest BCUT2D eigenvalue weighted by Crippen LogP contribution is 2.26. The van der Waals surface area contributed by atoms with Gasteiger partial charge in [0.2, 0.25) is 5.91 Å². The van der Waals surface area contributed by atoms with Crippen molar-refractivity contribution >= 4 is 28.9 Å². The molecule has 7 heteroatoms. The van der Waals surface area contributed by atoms with Gasteiger partial charge in [0.1, 0.15) is 6.04 Å². The standard InChI is InChI=1S/C36H33N5O2/c1-25(2)34(39-35(42)33(26-13-5-3-6-14-26)27-15-7-4-8-16-27)36(43)40-38-22-30-24-41(32-20-12-11-19-31(30)32)23-29-18-10-9-17-28(29)21-37/h3-20,22,24-25,33-34H,23H2,1-2H3,(H,39,42)(H,40,43)/b38-22-/t34-/m1/s1. The Balaban J connectivity index is 1.33. The van der Waals surface area contributed by atoms with Crippen molar-refractivity contribution in [3.63, 3.8) is 0 Å². The van der Waals surface area contributed by atoms with E-state index in [4.69, 9.17) is 0 Å². The van der Waals surface area contributed by atoms with E-state index < -0.39 is 17.9 Å². The molecule has 0 radical (unpaired) electrons. The minimum Gasteiger partial charge on any atom is -0.343 e. The van der Waals surface area contributed by atoms with Crippen LogP contribution in [0.15, 0.2) is 120 Å². The van der Waals surface area contributed by atoms with Crippen molar-refractivity contribution in [3.05, 3.63) is 143 Å². The highest BCUT2D eigenvalue weighted by Gasteiger charge is 2.29. The van der Waals surface area contributed by atoms with Gasteiger partial charge >= 0.3 is 0 Å². The maximum absolute atomic E-state index is 13.7. The Morgan fingerprint density at radius 1 is 0.837 bits per heavy atom. The van der Waals surface area contributed by atoms with Crippen LogP contribution in [0.3, 0.4) is 0 Å². The zero-order valence-corrected chi connectivity index (χ0v) is 24.1. The van der Waals surface area contributed by atoms with Crippen molar-refractivity contribution < 1.29 is 9.59 Å². The second-order valence-electron chi connectivity index (χ2n) is 10.7. The molecule has 43 heavy (non-hydrogen) atoms. The van der Waals surface area contributed by atoms with Crippen LogP contribution in [0.1, 0.15) is 47.6 Å². The summed E-state index contributed by atoms with van der Waals surface area (Å²) in [7, 11) is 0. The lowest BCUT2D eigenvalue weighted by atomic mass is 9.89. The second-order valence-corrected chi connectivity index (χ2v) is 10.7. The third-order valence-electron chi connectivity index (χ3n) is 7.45. The van der Waals surface area contributed by atoms with E-state index >= 15 is 0 Å². The summed E-state index contributed by atoms with van der Waals surface area (Å²) < 4.78 is 2.07. The minimum absolute atomic E-state index is 0.173. The van der Waals surface area contributed by atoms with Crippen molar-refractivity contribution in [1.82, 2.24) is 15.3 Å². The smallest absolute Gasteiger partial charge is 0.262 e. The summed E-state index contributed by atoms with van der Waals surface area (Å²) in [5, 5.41) is 17.7. The number of carbonyl (C=O) groups excluding carboxylic acids is 2. The van der Waals surface area contributed by atoms with Gasteiger partial charge in [0.05, 0.1) is 23.8 Å². The maximum Gasteiger partial charge on any atom is 0.262 e. The lowest BCUT2D eigenvalue weighted by Crippen LogP contribution is -2.50. The molecule has 2 amide bonds. The average molecular weight is 568 g/mol. The van der Waals surface area contributed by atoms with Crippen LogP contribution in [0.2, 0.25) is 0 Å². The summed E-state index contributed by atoms with van der Waals surface area (Å²) in [6.07, 6.45) is 3.57. The molecular weight excluding hydrogens is 534 g/mol. The fourth-order valence-corrected chi connectivity index (χ4v) is 5.25. The number of benzene rings is 4. The highest BCUT2D eigenvalue weighted by atomic mass is 16.2. The quantitative estimate of drug-likeness (QED) is 0.160. The van der Waals surface area contributed by atoms with Crippen LogP contribution in [-0.4, -0.2) is 28.6 Å². The average Bonchev–Trinajstić information content (AvgIpc) is 3.38. The second kappa shape index (κ2) is 13.5. The predicted molar refractivity (Wildman–Crippen MR) is 169 cm³/mol. The number of para-hydroxylation sites is 1. The third kappa shape index (κ3) is 6.71. The summed E-state index contributed by atoms with van der Waals surface area (Å²) >= 11 is 0. The number of nitriles is 1. The number of nitrogens with one attached hydrogen (secondary N) is 2. The SMILES string of the molecule is CC(C)[C@@H](NC(=O)C(c1ccccc1)c1ccccc1)C(=O)N/N=C\c1cn(Cc2ccccc2C#N)c2ccccc12. The first kappa shape index (κ1) is 29.0. The van der Waals surface area contributed by atoms with Crippen LogP contribution in [0.5, 0.6) is 0 Å². The Hall–Kier alpha value is -5.48. The van der Waals surface area contributed by atoms with Crippen LogP contribution < -0.4 is 10.7 Å². The van der Waals surface area contributed by atoms with Crippen molar-refractivity contribution in [2.45, 2.75) is 32.4 Å². The summed E-state index contributed by atoms with van der Waals surface area (Å²) in [6.45, 7) is 4.30. The summed E-state index contributed by atoms with van der Waals surface area (Å²) in [6, 6.07) is 36.0. The van der Waals surface area contributed by atoms with Crippen molar-refractivity contribution in [2.24, 2.45) is 11.0 Å². The zero-order valence-electron chi connectivity index (χ0n) is 24.1. The lowest BCUT2D eigenvalue weighted by Gasteiger charge is -2.24. The number of hydrazone groups is 1. The molecule has 0 spiro atoms. The van der Waals surface area contributed by atoms with Crippen LogP contribution in [-0.2, 0) is 16.1 Å². The number of aromatic nitrogens is 1. The Morgan fingerprint density at radius 3 is 2.09 bits per heavy atom. The van der Waals surface area contributed by atoms with E-state index in [0.717, 1.165) is 33.2 Å².